The highest BCUT2D eigenvalue weighted by molar-refractivity contribution is 6.31. The number of ether oxygens (including phenoxy) is 1. The molecule has 6 heteroatoms. The fourth-order valence-electron chi connectivity index (χ4n) is 1.82. The fraction of sp³-hybridized carbons (Fsp3) is 0.0556. The van der Waals surface area contributed by atoms with Gasteiger partial charge in [0, 0.05) is 15.6 Å². The van der Waals surface area contributed by atoms with Gasteiger partial charge < -0.3 is 4.74 Å². The van der Waals surface area contributed by atoms with Crippen LogP contribution in [0.5, 0.6) is 0 Å². The zero-order valence-electron chi connectivity index (χ0n) is 12.3. The summed E-state index contributed by atoms with van der Waals surface area (Å²) in [5.41, 5.74) is 0.737. The van der Waals surface area contributed by atoms with E-state index < -0.39 is 18.4 Å². The number of nitrogens with zero attached hydrogens (tertiary/aromatic N) is 1. The van der Waals surface area contributed by atoms with Gasteiger partial charge in [-0.05, 0) is 35.9 Å². The van der Waals surface area contributed by atoms with E-state index in [1.54, 1.807) is 48.5 Å². The third-order valence-corrected chi connectivity index (χ3v) is 3.49. The summed E-state index contributed by atoms with van der Waals surface area (Å²) in [6, 6.07) is 14.6. The van der Waals surface area contributed by atoms with Gasteiger partial charge >= 0.3 is 5.97 Å². The molecule has 0 atom stereocenters. The van der Waals surface area contributed by atoms with Crippen LogP contribution in [0.1, 0.15) is 15.9 Å². The van der Waals surface area contributed by atoms with Crippen LogP contribution < -0.4 is 0 Å². The largest absolute Gasteiger partial charge is 0.453 e. The van der Waals surface area contributed by atoms with Gasteiger partial charge in [0.05, 0.1) is 0 Å². The number of carbonyl (C=O) groups is 2. The van der Waals surface area contributed by atoms with Crippen LogP contribution in [0, 0.1) is 11.3 Å². The predicted molar refractivity (Wildman–Crippen MR) is 91.8 cm³/mol. The molecule has 2 aromatic rings. The summed E-state index contributed by atoms with van der Waals surface area (Å²) in [5.74, 6) is -1.28. The average Bonchev–Trinajstić information content (AvgIpc) is 2.58. The van der Waals surface area contributed by atoms with Crippen molar-refractivity contribution >= 4 is 41.0 Å². The maximum absolute atomic E-state index is 12.0. The fourth-order valence-corrected chi connectivity index (χ4v) is 2.13. The highest BCUT2D eigenvalue weighted by Gasteiger charge is 2.14. The number of rotatable bonds is 5. The van der Waals surface area contributed by atoms with Crippen LogP contribution in [-0.2, 0) is 9.53 Å². The van der Waals surface area contributed by atoms with Crippen LogP contribution in [0.2, 0.25) is 10.0 Å². The van der Waals surface area contributed by atoms with E-state index in [1.165, 1.54) is 12.1 Å². The molecule has 0 aliphatic heterocycles. The lowest BCUT2D eigenvalue weighted by atomic mass is 10.1. The smallest absolute Gasteiger partial charge is 0.349 e. The van der Waals surface area contributed by atoms with Gasteiger partial charge in [0.15, 0.2) is 12.4 Å². The van der Waals surface area contributed by atoms with E-state index in [4.69, 9.17) is 33.2 Å². The number of ketones is 1. The number of hydrogen-bond donors (Lipinski definition) is 0. The number of hydrogen-bond acceptors (Lipinski definition) is 4. The Bertz CT molecular complexity index is 836. The second kappa shape index (κ2) is 8.30. The van der Waals surface area contributed by atoms with Crippen molar-refractivity contribution in [3.05, 3.63) is 75.3 Å². The molecule has 0 amide bonds. The van der Waals surface area contributed by atoms with Gasteiger partial charge in [0.2, 0.25) is 0 Å². The molecule has 120 valence electrons. The van der Waals surface area contributed by atoms with Gasteiger partial charge in [0.1, 0.15) is 11.6 Å². The van der Waals surface area contributed by atoms with Crippen molar-refractivity contribution < 1.29 is 14.3 Å². The summed E-state index contributed by atoms with van der Waals surface area (Å²) in [5, 5.41) is 10.0. The van der Waals surface area contributed by atoms with Crippen molar-refractivity contribution in [3.8, 4) is 6.07 Å². The molecule has 24 heavy (non-hydrogen) atoms. The third-order valence-electron chi connectivity index (χ3n) is 3.00. The summed E-state index contributed by atoms with van der Waals surface area (Å²) >= 11 is 11.6. The molecule has 0 bridgehead atoms. The Labute approximate surface area is 148 Å². The molecule has 0 spiro atoms. The molecule has 2 aromatic carbocycles. The van der Waals surface area contributed by atoms with Gasteiger partial charge in [-0.2, -0.15) is 5.26 Å². The normalized spacial score (nSPS) is 10.8. The monoisotopic (exact) mass is 359 g/mol. The van der Waals surface area contributed by atoms with Crippen molar-refractivity contribution in [2.24, 2.45) is 0 Å². The molecular formula is C18H11Cl2NO3. The minimum Gasteiger partial charge on any atom is -0.453 e. The molecule has 0 aromatic heterocycles. The second-order valence-electron chi connectivity index (χ2n) is 4.73. The summed E-state index contributed by atoms with van der Waals surface area (Å²) in [7, 11) is 0. The Morgan fingerprint density at radius 1 is 1.08 bits per heavy atom. The van der Waals surface area contributed by atoms with E-state index in [1.807, 2.05) is 0 Å². The number of nitriles is 1. The minimum absolute atomic E-state index is 0.212. The standard InChI is InChI=1S/C18H11Cl2NO3/c19-15-6-4-12(5-7-15)8-14(10-21)18(23)24-11-17(22)13-2-1-3-16(20)9-13/h1-9H,11H2/b14-8+. The molecule has 0 N–H and O–H groups in total. The van der Waals surface area contributed by atoms with Crippen molar-refractivity contribution in [1.82, 2.24) is 0 Å². The quantitative estimate of drug-likeness (QED) is 0.345. The van der Waals surface area contributed by atoms with Gasteiger partial charge in [-0.3, -0.25) is 4.79 Å². The maximum Gasteiger partial charge on any atom is 0.349 e. The minimum atomic E-state index is -0.872. The Hall–Kier alpha value is -2.61. The topological polar surface area (TPSA) is 67.2 Å². The highest BCUT2D eigenvalue weighted by Crippen LogP contribution is 2.14. The summed E-state index contributed by atoms with van der Waals surface area (Å²) < 4.78 is 4.90. The number of carbonyl (C=O) groups excluding carboxylic acids is 2. The van der Waals surface area contributed by atoms with Gasteiger partial charge in [0.25, 0.3) is 0 Å². The van der Waals surface area contributed by atoms with Crippen molar-refractivity contribution in [2.75, 3.05) is 6.61 Å². The van der Waals surface area contributed by atoms with Crippen LogP contribution >= 0.6 is 23.2 Å². The average molecular weight is 360 g/mol. The molecule has 0 heterocycles. The zero-order valence-corrected chi connectivity index (χ0v) is 13.8. The number of esters is 1. The van der Waals surface area contributed by atoms with Crippen molar-refractivity contribution in [3.63, 3.8) is 0 Å². The first-order chi connectivity index (χ1) is 11.5. The molecule has 0 fully saturated rings. The molecule has 0 saturated heterocycles. The number of halogens is 2. The first-order valence-electron chi connectivity index (χ1n) is 6.83. The van der Waals surface area contributed by atoms with Crippen molar-refractivity contribution in [2.45, 2.75) is 0 Å². The first-order valence-corrected chi connectivity index (χ1v) is 7.58. The lowest BCUT2D eigenvalue weighted by Crippen LogP contribution is -2.15. The van der Waals surface area contributed by atoms with E-state index in [0.717, 1.165) is 0 Å². The van der Waals surface area contributed by atoms with Crippen LogP contribution in [0.15, 0.2) is 54.1 Å². The zero-order chi connectivity index (χ0) is 17.5. The molecule has 0 aliphatic carbocycles. The van der Waals surface area contributed by atoms with Crippen LogP contribution in [-0.4, -0.2) is 18.4 Å². The number of Topliss-reactive ketones (excluding diaryl/α,β-unsaturated/α-hetero) is 1. The molecular weight excluding hydrogens is 349 g/mol. The molecule has 0 saturated carbocycles. The number of benzene rings is 2. The van der Waals surface area contributed by atoms with Gasteiger partial charge in [-0.25, -0.2) is 4.79 Å². The molecule has 0 unspecified atom stereocenters. The van der Waals surface area contributed by atoms with Crippen LogP contribution in [0.3, 0.4) is 0 Å². The van der Waals surface area contributed by atoms with Gasteiger partial charge in [-0.15, -0.1) is 0 Å². The van der Waals surface area contributed by atoms with E-state index in [9.17, 15) is 9.59 Å². The molecule has 0 radical (unpaired) electrons. The lowest BCUT2D eigenvalue weighted by Gasteiger charge is -2.04. The Morgan fingerprint density at radius 3 is 2.42 bits per heavy atom. The SMILES string of the molecule is N#C/C(=C\c1ccc(Cl)cc1)C(=O)OCC(=O)c1cccc(Cl)c1. The lowest BCUT2D eigenvalue weighted by molar-refractivity contribution is -0.137. The molecule has 4 nitrogen and oxygen atoms in total. The Balaban J connectivity index is 2.03. The maximum atomic E-state index is 12.0. The summed E-state index contributed by atoms with van der Waals surface area (Å²) in [6.07, 6.45) is 1.36. The third kappa shape index (κ3) is 4.95. The van der Waals surface area contributed by atoms with Crippen LogP contribution in [0.25, 0.3) is 6.08 Å². The molecule has 0 aliphatic rings. The highest BCUT2D eigenvalue weighted by atomic mass is 35.5. The second-order valence-corrected chi connectivity index (χ2v) is 5.60. The Kier molecular flexibility index (Phi) is 6.14. The first kappa shape index (κ1) is 17.7. The van der Waals surface area contributed by atoms with E-state index in [0.29, 0.717) is 21.2 Å². The van der Waals surface area contributed by atoms with Crippen molar-refractivity contribution in [1.29, 1.82) is 5.26 Å². The molecule has 2 rings (SSSR count). The van der Waals surface area contributed by atoms with Crippen LogP contribution in [0.4, 0.5) is 0 Å². The van der Waals surface area contributed by atoms with E-state index in [-0.39, 0.29) is 5.57 Å². The van der Waals surface area contributed by atoms with Gasteiger partial charge in [-0.1, -0.05) is 47.5 Å². The Morgan fingerprint density at radius 2 is 1.79 bits per heavy atom. The van der Waals surface area contributed by atoms with E-state index >= 15 is 0 Å². The predicted octanol–water partition coefficient (Wildman–Crippen LogP) is 4.33. The summed E-state index contributed by atoms with van der Waals surface area (Å²) in [6.45, 7) is -0.473. The van der Waals surface area contributed by atoms with E-state index in [2.05, 4.69) is 0 Å². The summed E-state index contributed by atoms with van der Waals surface area (Å²) in [4.78, 5) is 23.9.